The number of nitrogens with one attached hydrogen (secondary N) is 1. The molecule has 0 aliphatic carbocycles. The lowest BCUT2D eigenvalue weighted by Crippen LogP contribution is -2.44. The Balaban J connectivity index is 1.54. The third-order valence-electron chi connectivity index (χ3n) is 8.21. The Hall–Kier alpha value is -3.71. The Kier molecular flexibility index (Phi) is 8.27. The van der Waals surface area contributed by atoms with E-state index in [-0.39, 0.29) is 37.4 Å². The first-order valence-corrected chi connectivity index (χ1v) is 16.2. The highest BCUT2D eigenvalue weighted by molar-refractivity contribution is 7.92. The Labute approximate surface area is 260 Å². The van der Waals surface area contributed by atoms with E-state index in [9.17, 15) is 12.8 Å². The van der Waals surface area contributed by atoms with Crippen LogP contribution >= 0.6 is 11.6 Å². The minimum atomic E-state index is -4.21. The molecule has 4 aromatic heterocycles. The number of nitrogens with zero attached hydrogens (tertiary/aromatic N) is 5. The summed E-state index contributed by atoms with van der Waals surface area (Å²) in [5.41, 5.74) is 2.97. The first kappa shape index (κ1) is 30.3. The zero-order chi connectivity index (χ0) is 31.2. The van der Waals surface area contributed by atoms with E-state index in [0.29, 0.717) is 23.4 Å². The lowest BCUT2D eigenvalue weighted by Gasteiger charge is -2.32. The SMILES string of the molecule is COc1cc2c(nc1OC)c(-c1[nH]c3ncc(F)c(Cl)c3c1S(=O)(=O)c1ccc(C)cc1)cn2CCCN1CCN(C)CC1. The molecule has 0 unspecified atom stereocenters. The summed E-state index contributed by atoms with van der Waals surface area (Å²) in [7, 11) is 0.959. The molecule has 1 aliphatic rings. The molecule has 6 rings (SSSR count). The van der Waals surface area contributed by atoms with Crippen LogP contribution in [0.15, 0.2) is 52.5 Å². The van der Waals surface area contributed by atoms with Crippen LogP contribution in [0.2, 0.25) is 5.02 Å². The predicted molar refractivity (Wildman–Crippen MR) is 168 cm³/mol. The lowest BCUT2D eigenvalue weighted by molar-refractivity contribution is 0.151. The fourth-order valence-corrected chi connectivity index (χ4v) is 7.65. The average Bonchev–Trinajstić information content (AvgIpc) is 3.58. The number of sulfone groups is 1. The number of hydrogen-bond acceptors (Lipinski definition) is 8. The van der Waals surface area contributed by atoms with E-state index in [0.717, 1.165) is 56.4 Å². The van der Waals surface area contributed by atoms with Crippen molar-refractivity contribution in [2.45, 2.75) is 29.7 Å². The molecule has 232 valence electrons. The zero-order valence-corrected chi connectivity index (χ0v) is 26.6. The number of H-pyrrole nitrogens is 1. The van der Waals surface area contributed by atoms with E-state index in [4.69, 9.17) is 26.1 Å². The van der Waals surface area contributed by atoms with Crippen LogP contribution in [0.4, 0.5) is 4.39 Å². The maximum atomic E-state index is 14.8. The van der Waals surface area contributed by atoms with Gasteiger partial charge in [0.05, 0.1) is 46.9 Å². The molecule has 0 spiro atoms. The van der Waals surface area contributed by atoms with Crippen molar-refractivity contribution < 1.29 is 22.3 Å². The molecule has 0 radical (unpaired) electrons. The quantitative estimate of drug-likeness (QED) is 0.235. The molecule has 1 aliphatic heterocycles. The van der Waals surface area contributed by atoms with Crippen molar-refractivity contribution in [1.29, 1.82) is 0 Å². The summed E-state index contributed by atoms with van der Waals surface area (Å²) in [6.45, 7) is 7.53. The van der Waals surface area contributed by atoms with Crippen molar-refractivity contribution >= 4 is 43.5 Å². The molecule has 13 heteroatoms. The summed E-state index contributed by atoms with van der Waals surface area (Å²) in [6.07, 6.45) is 3.70. The van der Waals surface area contributed by atoms with Crippen LogP contribution in [-0.4, -0.2) is 91.7 Å². The normalized spacial score (nSPS) is 15.0. The number of pyridine rings is 2. The number of hydrogen-bond donors (Lipinski definition) is 1. The van der Waals surface area contributed by atoms with Crippen LogP contribution in [0.3, 0.4) is 0 Å². The summed E-state index contributed by atoms with van der Waals surface area (Å²) in [4.78, 5) is 16.7. The minimum Gasteiger partial charge on any atom is -0.491 e. The van der Waals surface area contributed by atoms with E-state index >= 15 is 0 Å². The van der Waals surface area contributed by atoms with E-state index in [1.807, 2.05) is 23.8 Å². The van der Waals surface area contributed by atoms with E-state index in [1.54, 1.807) is 19.2 Å². The van der Waals surface area contributed by atoms with Crippen LogP contribution in [-0.2, 0) is 16.4 Å². The van der Waals surface area contributed by atoms with Crippen molar-refractivity contribution in [3.8, 4) is 22.9 Å². The third kappa shape index (κ3) is 5.40. The number of piperazine rings is 1. The van der Waals surface area contributed by atoms with Crippen molar-refractivity contribution in [3.05, 3.63) is 59.1 Å². The molecule has 5 heterocycles. The molecule has 44 heavy (non-hydrogen) atoms. The molecule has 5 aromatic rings. The van der Waals surface area contributed by atoms with Crippen LogP contribution in [0.25, 0.3) is 33.3 Å². The van der Waals surface area contributed by atoms with Gasteiger partial charge in [-0.3, -0.25) is 0 Å². The second-order valence-corrected chi connectivity index (χ2v) is 13.4. The lowest BCUT2D eigenvalue weighted by atomic mass is 10.2. The van der Waals surface area contributed by atoms with E-state index in [1.165, 1.54) is 19.2 Å². The van der Waals surface area contributed by atoms with Gasteiger partial charge in [-0.1, -0.05) is 29.3 Å². The molecule has 0 saturated carbocycles. The topological polar surface area (TPSA) is 106 Å². The average molecular weight is 641 g/mol. The third-order valence-corrected chi connectivity index (χ3v) is 10.4. The molecular weight excluding hydrogens is 607 g/mol. The summed E-state index contributed by atoms with van der Waals surface area (Å²) in [6, 6.07) is 8.32. The number of aromatic nitrogens is 4. The predicted octanol–water partition coefficient (Wildman–Crippen LogP) is 5.17. The second-order valence-electron chi connectivity index (χ2n) is 11.1. The second kappa shape index (κ2) is 12.0. The van der Waals surface area contributed by atoms with Gasteiger partial charge in [-0.2, -0.15) is 0 Å². The summed E-state index contributed by atoms with van der Waals surface area (Å²) < 4.78 is 56.5. The number of ether oxygens (including phenoxy) is 2. The minimum absolute atomic E-state index is 0.0151. The van der Waals surface area contributed by atoms with Gasteiger partial charge in [0, 0.05) is 50.6 Å². The van der Waals surface area contributed by atoms with E-state index < -0.39 is 15.7 Å². The number of methoxy groups -OCH3 is 2. The van der Waals surface area contributed by atoms with Gasteiger partial charge in [-0.15, -0.1) is 0 Å². The molecule has 0 atom stereocenters. The van der Waals surface area contributed by atoms with Gasteiger partial charge in [-0.05, 0) is 39.1 Å². The fourth-order valence-electron chi connectivity index (χ4n) is 5.73. The summed E-state index contributed by atoms with van der Waals surface area (Å²) in [5.74, 6) is -0.125. The van der Waals surface area contributed by atoms with Crippen LogP contribution in [0, 0.1) is 12.7 Å². The number of benzene rings is 1. The monoisotopic (exact) mass is 640 g/mol. The van der Waals surface area contributed by atoms with Gasteiger partial charge >= 0.3 is 0 Å². The zero-order valence-electron chi connectivity index (χ0n) is 25.0. The Morgan fingerprint density at radius 3 is 2.48 bits per heavy atom. The molecule has 0 amide bonds. The molecule has 1 fully saturated rings. The summed E-state index contributed by atoms with van der Waals surface area (Å²) in [5, 5.41) is -0.343. The van der Waals surface area contributed by atoms with E-state index in [2.05, 4.69) is 26.8 Å². The molecule has 10 nitrogen and oxygen atoms in total. The van der Waals surface area contributed by atoms with Crippen LogP contribution in [0.1, 0.15) is 12.0 Å². The van der Waals surface area contributed by atoms with Gasteiger partial charge in [-0.25, -0.2) is 22.8 Å². The molecular formula is C31H34ClFN6O4S. The first-order chi connectivity index (χ1) is 21.1. The highest BCUT2D eigenvalue weighted by Crippen LogP contribution is 2.44. The van der Waals surface area contributed by atoms with Crippen LogP contribution in [0.5, 0.6) is 11.6 Å². The number of likely N-dealkylation sites (N-methyl/N-ethyl adjacent to an activating group) is 1. The maximum absolute atomic E-state index is 14.8. The Bertz CT molecular complexity index is 1950. The number of aromatic amines is 1. The standard InChI is InChI=1S/C31H34ClFN6O4S/c1-19-6-8-20(9-7-19)44(40,41)29-25-26(32)22(33)17-34-30(25)35-28(29)21-18-39(11-5-10-38-14-12-37(2)13-15-38)23-16-24(42-3)31(43-4)36-27(21)23/h6-9,16-18H,5,10-15H2,1-4H3,(H,34,35). The molecule has 1 N–H and O–H groups in total. The molecule has 1 aromatic carbocycles. The number of fused-ring (bicyclic) bond motifs is 2. The summed E-state index contributed by atoms with van der Waals surface area (Å²) >= 11 is 6.45. The van der Waals surface area contributed by atoms with Crippen molar-refractivity contribution in [1.82, 2.24) is 29.3 Å². The molecule has 0 bridgehead atoms. The largest absolute Gasteiger partial charge is 0.491 e. The van der Waals surface area contributed by atoms with Crippen LogP contribution < -0.4 is 9.47 Å². The van der Waals surface area contributed by atoms with Gasteiger partial charge in [0.25, 0.3) is 5.88 Å². The maximum Gasteiger partial charge on any atom is 0.257 e. The van der Waals surface area contributed by atoms with Crippen molar-refractivity contribution in [2.24, 2.45) is 0 Å². The van der Waals surface area contributed by atoms with Crippen molar-refractivity contribution in [3.63, 3.8) is 0 Å². The highest BCUT2D eigenvalue weighted by Gasteiger charge is 2.32. The first-order valence-electron chi connectivity index (χ1n) is 14.3. The van der Waals surface area contributed by atoms with Gasteiger partial charge in [0.2, 0.25) is 9.84 Å². The fraction of sp³-hybridized carbons (Fsp3) is 0.355. The Morgan fingerprint density at radius 2 is 1.80 bits per heavy atom. The Morgan fingerprint density at radius 1 is 1.07 bits per heavy atom. The van der Waals surface area contributed by atoms with Crippen molar-refractivity contribution in [2.75, 3.05) is 54.0 Å². The van der Waals surface area contributed by atoms with Gasteiger partial charge in [0.1, 0.15) is 16.1 Å². The van der Waals surface area contributed by atoms with Gasteiger partial charge in [0.15, 0.2) is 11.6 Å². The number of aryl methyl sites for hydroxylation is 2. The smallest absolute Gasteiger partial charge is 0.257 e. The highest BCUT2D eigenvalue weighted by atomic mass is 35.5. The molecule has 1 saturated heterocycles. The number of halogens is 2. The number of rotatable bonds is 9. The van der Waals surface area contributed by atoms with Gasteiger partial charge < -0.3 is 28.8 Å².